The van der Waals surface area contributed by atoms with Crippen LogP contribution in [0.5, 0.6) is 5.75 Å². The minimum atomic E-state index is -0.979. The van der Waals surface area contributed by atoms with E-state index in [0.717, 1.165) is 25.7 Å². The van der Waals surface area contributed by atoms with Crippen LogP contribution >= 0.6 is 0 Å². The first-order valence-electron chi connectivity index (χ1n) is 7.39. The first kappa shape index (κ1) is 13.9. The molecule has 0 saturated heterocycles. The third-order valence-corrected chi connectivity index (χ3v) is 4.05. The van der Waals surface area contributed by atoms with Crippen LogP contribution in [0, 0.1) is 0 Å². The first-order chi connectivity index (χ1) is 10.1. The molecule has 3 rings (SSSR count). The molecule has 1 saturated carbocycles. The van der Waals surface area contributed by atoms with Crippen molar-refractivity contribution in [2.24, 2.45) is 0 Å². The van der Waals surface area contributed by atoms with Crippen molar-refractivity contribution in [1.82, 2.24) is 4.90 Å². The van der Waals surface area contributed by atoms with Gasteiger partial charge in [-0.3, -0.25) is 9.59 Å². The number of rotatable bonds is 6. The number of ether oxygens (including phenoxy) is 1. The molecule has 0 aliphatic heterocycles. The summed E-state index contributed by atoms with van der Waals surface area (Å²) in [6.07, 6.45) is 5.12. The van der Waals surface area contributed by atoms with Crippen LogP contribution < -0.4 is 4.74 Å². The largest absolute Gasteiger partial charge is 0.484 e. The van der Waals surface area contributed by atoms with Crippen LogP contribution in [0.3, 0.4) is 0 Å². The Morgan fingerprint density at radius 2 is 2.00 bits per heavy atom. The summed E-state index contributed by atoms with van der Waals surface area (Å²) in [7, 11) is 0. The van der Waals surface area contributed by atoms with Crippen LogP contribution in [0.1, 0.15) is 30.4 Å². The van der Waals surface area contributed by atoms with Gasteiger partial charge < -0.3 is 14.7 Å². The Labute approximate surface area is 123 Å². The SMILES string of the molecule is O=C(O)CN(C(=O)COc1ccc2c(c1)CCC2)C1CC1. The third-order valence-electron chi connectivity index (χ3n) is 4.05. The van der Waals surface area contributed by atoms with E-state index in [4.69, 9.17) is 9.84 Å². The van der Waals surface area contributed by atoms with Gasteiger partial charge in [0, 0.05) is 6.04 Å². The lowest BCUT2D eigenvalue weighted by atomic mass is 10.1. The molecule has 5 nitrogen and oxygen atoms in total. The fraction of sp³-hybridized carbons (Fsp3) is 0.500. The van der Waals surface area contributed by atoms with Gasteiger partial charge in [0.05, 0.1) is 0 Å². The van der Waals surface area contributed by atoms with E-state index in [2.05, 4.69) is 6.07 Å². The summed E-state index contributed by atoms with van der Waals surface area (Å²) in [5, 5.41) is 8.87. The standard InChI is InChI=1S/C16H19NO4/c18-15(17(9-16(19)20)13-5-6-13)10-21-14-7-4-11-2-1-3-12(11)8-14/h4,7-8,13H,1-3,5-6,9-10H2,(H,19,20). The molecule has 112 valence electrons. The monoisotopic (exact) mass is 289 g/mol. The molecule has 1 aromatic carbocycles. The maximum atomic E-state index is 12.1. The van der Waals surface area contributed by atoms with Crippen LogP contribution in [0.4, 0.5) is 0 Å². The molecule has 1 amide bonds. The van der Waals surface area contributed by atoms with E-state index in [9.17, 15) is 9.59 Å². The number of aliphatic carboxylic acids is 1. The zero-order valence-corrected chi connectivity index (χ0v) is 11.9. The van der Waals surface area contributed by atoms with Crippen molar-refractivity contribution in [3.05, 3.63) is 29.3 Å². The summed E-state index contributed by atoms with van der Waals surface area (Å²) in [5.41, 5.74) is 2.66. The normalized spacial score (nSPS) is 16.4. The smallest absolute Gasteiger partial charge is 0.323 e. The predicted octanol–water partition coefficient (Wildman–Crippen LogP) is 1.63. The fourth-order valence-electron chi connectivity index (χ4n) is 2.82. The summed E-state index contributed by atoms with van der Waals surface area (Å²) >= 11 is 0. The summed E-state index contributed by atoms with van der Waals surface area (Å²) < 4.78 is 5.55. The van der Waals surface area contributed by atoms with Gasteiger partial charge in [-0.2, -0.15) is 0 Å². The van der Waals surface area contributed by atoms with Gasteiger partial charge in [0.1, 0.15) is 12.3 Å². The molecule has 0 spiro atoms. The van der Waals surface area contributed by atoms with Crippen molar-refractivity contribution in [3.63, 3.8) is 0 Å². The molecule has 1 aromatic rings. The number of carboxylic acids is 1. The highest BCUT2D eigenvalue weighted by Crippen LogP contribution is 2.28. The van der Waals surface area contributed by atoms with Crippen molar-refractivity contribution in [2.75, 3.05) is 13.2 Å². The van der Waals surface area contributed by atoms with Gasteiger partial charge in [0.2, 0.25) is 0 Å². The second-order valence-corrected chi connectivity index (χ2v) is 5.72. The van der Waals surface area contributed by atoms with Crippen LogP contribution in [-0.4, -0.2) is 41.1 Å². The molecule has 1 fully saturated rings. The van der Waals surface area contributed by atoms with Crippen molar-refractivity contribution in [1.29, 1.82) is 0 Å². The average Bonchev–Trinajstić information content (AvgIpc) is 3.19. The van der Waals surface area contributed by atoms with Crippen molar-refractivity contribution < 1.29 is 19.4 Å². The highest BCUT2D eigenvalue weighted by atomic mass is 16.5. The molecule has 1 N–H and O–H groups in total. The van der Waals surface area contributed by atoms with Crippen LogP contribution in [0.15, 0.2) is 18.2 Å². The Morgan fingerprint density at radius 3 is 2.71 bits per heavy atom. The van der Waals surface area contributed by atoms with E-state index in [-0.39, 0.29) is 25.1 Å². The zero-order chi connectivity index (χ0) is 14.8. The molecule has 0 unspecified atom stereocenters. The number of amides is 1. The number of carbonyl (C=O) groups excluding carboxylic acids is 1. The summed E-state index contributed by atoms with van der Waals surface area (Å²) in [5.74, 6) is -0.539. The first-order valence-corrected chi connectivity index (χ1v) is 7.39. The predicted molar refractivity (Wildman–Crippen MR) is 76.3 cm³/mol. The molecule has 0 bridgehead atoms. The van der Waals surface area contributed by atoms with E-state index in [1.54, 1.807) is 0 Å². The number of hydrogen-bond acceptors (Lipinski definition) is 3. The van der Waals surface area contributed by atoms with Crippen molar-refractivity contribution >= 4 is 11.9 Å². The molecule has 0 radical (unpaired) electrons. The maximum absolute atomic E-state index is 12.1. The van der Waals surface area contributed by atoms with Gasteiger partial charge >= 0.3 is 5.97 Å². The lowest BCUT2D eigenvalue weighted by Gasteiger charge is -2.20. The number of fused-ring (bicyclic) bond motifs is 1. The molecule has 2 aliphatic rings. The maximum Gasteiger partial charge on any atom is 0.323 e. The van der Waals surface area contributed by atoms with Gasteiger partial charge in [-0.05, 0) is 55.4 Å². The number of hydrogen-bond donors (Lipinski definition) is 1. The van der Waals surface area contributed by atoms with Gasteiger partial charge in [-0.15, -0.1) is 0 Å². The number of carboxylic acid groups (broad SMARTS) is 1. The molecule has 0 heterocycles. The van der Waals surface area contributed by atoms with E-state index < -0.39 is 5.97 Å². The van der Waals surface area contributed by atoms with Crippen LogP contribution in [-0.2, 0) is 22.4 Å². The number of benzene rings is 1. The quantitative estimate of drug-likeness (QED) is 0.864. The van der Waals surface area contributed by atoms with E-state index in [0.29, 0.717) is 5.75 Å². The van der Waals surface area contributed by atoms with E-state index in [1.165, 1.54) is 22.4 Å². The lowest BCUT2D eigenvalue weighted by molar-refractivity contribution is -0.145. The van der Waals surface area contributed by atoms with Crippen LogP contribution in [0.25, 0.3) is 0 Å². The molecule has 0 aromatic heterocycles. The fourth-order valence-corrected chi connectivity index (χ4v) is 2.82. The molecule has 0 atom stereocenters. The van der Waals surface area contributed by atoms with E-state index in [1.807, 2.05) is 12.1 Å². The van der Waals surface area contributed by atoms with Gasteiger partial charge in [0.15, 0.2) is 6.61 Å². The molecule has 2 aliphatic carbocycles. The average molecular weight is 289 g/mol. The van der Waals surface area contributed by atoms with E-state index >= 15 is 0 Å². The zero-order valence-electron chi connectivity index (χ0n) is 11.9. The highest BCUT2D eigenvalue weighted by molar-refractivity contribution is 5.83. The van der Waals surface area contributed by atoms with Crippen molar-refractivity contribution in [3.8, 4) is 5.75 Å². The molecule has 5 heteroatoms. The van der Waals surface area contributed by atoms with Crippen molar-refractivity contribution in [2.45, 2.75) is 38.1 Å². The number of carbonyl (C=O) groups is 2. The second-order valence-electron chi connectivity index (χ2n) is 5.72. The molecular formula is C16H19NO4. The Morgan fingerprint density at radius 1 is 1.24 bits per heavy atom. The Hall–Kier alpha value is -2.04. The summed E-state index contributed by atoms with van der Waals surface area (Å²) in [6.45, 7) is -0.334. The minimum absolute atomic E-state index is 0.0808. The van der Waals surface area contributed by atoms with Gasteiger partial charge in [0.25, 0.3) is 5.91 Å². The highest BCUT2D eigenvalue weighted by Gasteiger charge is 2.33. The number of aryl methyl sites for hydroxylation is 2. The Balaban J connectivity index is 1.58. The lowest BCUT2D eigenvalue weighted by Crippen LogP contribution is -2.40. The minimum Gasteiger partial charge on any atom is -0.484 e. The second kappa shape index (κ2) is 5.76. The topological polar surface area (TPSA) is 66.8 Å². The van der Waals surface area contributed by atoms with Gasteiger partial charge in [-0.25, -0.2) is 0 Å². The Bertz CT molecular complexity index is 565. The Kier molecular flexibility index (Phi) is 3.82. The summed E-state index contributed by atoms with van der Waals surface area (Å²) in [6, 6.07) is 6.01. The molecular weight excluding hydrogens is 270 g/mol. The summed E-state index contributed by atoms with van der Waals surface area (Å²) in [4.78, 5) is 24.3. The van der Waals surface area contributed by atoms with Crippen LogP contribution in [0.2, 0.25) is 0 Å². The number of nitrogens with zero attached hydrogens (tertiary/aromatic N) is 1. The van der Waals surface area contributed by atoms with Gasteiger partial charge in [-0.1, -0.05) is 6.07 Å². The molecule has 21 heavy (non-hydrogen) atoms. The third kappa shape index (κ3) is 3.35.